The number of hydrogen-bond acceptors (Lipinski definition) is 6. The van der Waals surface area contributed by atoms with E-state index in [1.165, 1.54) is 6.33 Å². The first-order valence-corrected chi connectivity index (χ1v) is 8.57. The summed E-state index contributed by atoms with van der Waals surface area (Å²) in [6, 6.07) is 12.8. The zero-order valence-electron chi connectivity index (χ0n) is 14.8. The van der Waals surface area contributed by atoms with Crippen molar-refractivity contribution >= 4 is 5.91 Å². The van der Waals surface area contributed by atoms with E-state index in [1.807, 2.05) is 30.3 Å². The van der Waals surface area contributed by atoms with E-state index in [9.17, 15) is 4.79 Å². The Kier molecular flexibility index (Phi) is 4.65. The molecule has 136 valence electrons. The summed E-state index contributed by atoms with van der Waals surface area (Å²) in [6.45, 7) is 0.789. The predicted molar refractivity (Wildman–Crippen MR) is 98.6 cm³/mol. The smallest absolute Gasteiger partial charge is 0.272 e. The molecule has 1 aromatic carbocycles. The number of nitrogens with zero attached hydrogens (tertiary/aromatic N) is 4. The van der Waals surface area contributed by atoms with Crippen molar-refractivity contribution in [2.24, 2.45) is 0 Å². The number of fused-ring (bicyclic) bond motifs is 1. The Morgan fingerprint density at radius 2 is 1.89 bits per heavy atom. The molecule has 1 amide bonds. The topological polar surface area (TPSA) is 77.4 Å². The van der Waals surface area contributed by atoms with Crippen LogP contribution in [-0.4, -0.2) is 52.1 Å². The maximum atomic E-state index is 12.8. The van der Waals surface area contributed by atoms with Crippen molar-refractivity contribution in [3.05, 3.63) is 66.9 Å². The van der Waals surface area contributed by atoms with E-state index < -0.39 is 0 Å². The molecule has 0 radical (unpaired) electrons. The molecule has 1 aliphatic heterocycles. The van der Waals surface area contributed by atoms with Crippen molar-refractivity contribution in [1.29, 1.82) is 0 Å². The van der Waals surface area contributed by atoms with Gasteiger partial charge in [-0.3, -0.25) is 4.79 Å². The number of carbonyl (C=O) groups is 1. The molecule has 2 aromatic heterocycles. The Morgan fingerprint density at radius 3 is 2.70 bits per heavy atom. The second kappa shape index (κ2) is 7.41. The van der Waals surface area contributed by atoms with Gasteiger partial charge in [-0.1, -0.05) is 18.2 Å². The molecule has 0 N–H and O–H groups in total. The molecular weight excluding hydrogens is 344 g/mol. The van der Waals surface area contributed by atoms with Crippen LogP contribution in [0.2, 0.25) is 0 Å². The van der Waals surface area contributed by atoms with Gasteiger partial charge in [0, 0.05) is 25.0 Å². The second-order valence-corrected chi connectivity index (χ2v) is 6.22. The normalized spacial score (nSPS) is 15.2. The highest BCUT2D eigenvalue weighted by atomic mass is 16.6. The molecule has 0 bridgehead atoms. The van der Waals surface area contributed by atoms with Crippen LogP contribution in [0, 0.1) is 0 Å². The Bertz CT molecular complexity index is 949. The van der Waals surface area contributed by atoms with Gasteiger partial charge in [-0.05, 0) is 24.3 Å². The number of para-hydroxylation sites is 2. The molecule has 7 nitrogen and oxygen atoms in total. The number of aromatic nitrogens is 3. The van der Waals surface area contributed by atoms with Crippen LogP contribution in [0.1, 0.15) is 10.5 Å². The fourth-order valence-corrected chi connectivity index (χ4v) is 2.88. The highest BCUT2D eigenvalue weighted by Crippen LogP contribution is 2.31. The molecule has 0 fully saturated rings. The average Bonchev–Trinajstić information content (AvgIpc) is 2.74. The van der Waals surface area contributed by atoms with Crippen LogP contribution in [0.15, 0.2) is 61.2 Å². The minimum absolute atomic E-state index is 0.184. The zero-order valence-corrected chi connectivity index (χ0v) is 14.8. The van der Waals surface area contributed by atoms with E-state index in [2.05, 4.69) is 15.0 Å². The minimum atomic E-state index is -0.237. The first-order valence-electron chi connectivity index (χ1n) is 8.57. The summed E-state index contributed by atoms with van der Waals surface area (Å²) in [5.41, 5.74) is 1.77. The van der Waals surface area contributed by atoms with Gasteiger partial charge < -0.3 is 14.4 Å². The summed E-state index contributed by atoms with van der Waals surface area (Å²) >= 11 is 0. The number of pyridine rings is 1. The van der Waals surface area contributed by atoms with Gasteiger partial charge in [-0.2, -0.15) is 0 Å². The largest absolute Gasteiger partial charge is 0.486 e. The van der Waals surface area contributed by atoms with Crippen LogP contribution in [0.5, 0.6) is 11.5 Å². The van der Waals surface area contributed by atoms with Crippen LogP contribution < -0.4 is 9.47 Å². The van der Waals surface area contributed by atoms with Crippen molar-refractivity contribution in [3.63, 3.8) is 0 Å². The van der Waals surface area contributed by atoms with Gasteiger partial charge in [0.15, 0.2) is 17.6 Å². The molecule has 1 atom stereocenters. The monoisotopic (exact) mass is 362 g/mol. The van der Waals surface area contributed by atoms with E-state index in [-0.39, 0.29) is 12.0 Å². The highest BCUT2D eigenvalue weighted by molar-refractivity contribution is 5.92. The Labute approximate surface area is 156 Å². The Balaban J connectivity index is 1.45. The Morgan fingerprint density at radius 1 is 1.11 bits per heavy atom. The fraction of sp³-hybridized carbons (Fsp3) is 0.200. The molecule has 0 saturated carbocycles. The van der Waals surface area contributed by atoms with Gasteiger partial charge in [0.1, 0.15) is 18.6 Å². The zero-order chi connectivity index (χ0) is 18.6. The van der Waals surface area contributed by atoms with Crippen LogP contribution in [0.4, 0.5) is 0 Å². The maximum Gasteiger partial charge on any atom is 0.272 e. The van der Waals surface area contributed by atoms with Crippen LogP contribution in [-0.2, 0) is 0 Å². The molecule has 0 spiro atoms. The molecule has 1 aliphatic rings. The van der Waals surface area contributed by atoms with Gasteiger partial charge in [-0.25, -0.2) is 15.0 Å². The number of hydrogen-bond donors (Lipinski definition) is 0. The SMILES string of the molecule is CN(CC1COc2ccccc2O1)C(=O)c1cccc(-c2cncnc2)n1. The molecule has 1 unspecified atom stereocenters. The lowest BCUT2D eigenvalue weighted by molar-refractivity contribution is 0.0517. The van der Waals surface area contributed by atoms with E-state index in [0.717, 1.165) is 11.3 Å². The average molecular weight is 362 g/mol. The lowest BCUT2D eigenvalue weighted by Gasteiger charge is -2.29. The second-order valence-electron chi connectivity index (χ2n) is 6.22. The quantitative estimate of drug-likeness (QED) is 0.709. The van der Waals surface area contributed by atoms with Gasteiger partial charge >= 0.3 is 0 Å². The number of ether oxygens (including phenoxy) is 2. The third-order valence-corrected chi connectivity index (χ3v) is 4.22. The van der Waals surface area contributed by atoms with Crippen molar-refractivity contribution in [1.82, 2.24) is 19.9 Å². The van der Waals surface area contributed by atoms with Crippen molar-refractivity contribution < 1.29 is 14.3 Å². The van der Waals surface area contributed by atoms with E-state index in [1.54, 1.807) is 36.5 Å². The van der Waals surface area contributed by atoms with Crippen molar-refractivity contribution in [2.75, 3.05) is 20.2 Å². The molecule has 3 heterocycles. The summed E-state index contributed by atoms with van der Waals surface area (Å²) in [5, 5.41) is 0. The summed E-state index contributed by atoms with van der Waals surface area (Å²) in [7, 11) is 1.73. The molecule has 27 heavy (non-hydrogen) atoms. The number of likely N-dealkylation sites (N-methyl/N-ethyl adjacent to an activating group) is 1. The lowest BCUT2D eigenvalue weighted by Crippen LogP contribution is -2.42. The first-order chi connectivity index (χ1) is 13.2. The number of rotatable bonds is 4. The van der Waals surface area contributed by atoms with Crippen molar-refractivity contribution in [3.8, 4) is 22.8 Å². The lowest BCUT2D eigenvalue weighted by atomic mass is 10.2. The van der Waals surface area contributed by atoms with Gasteiger partial charge in [0.2, 0.25) is 0 Å². The molecule has 0 saturated heterocycles. The maximum absolute atomic E-state index is 12.8. The summed E-state index contributed by atoms with van der Waals surface area (Å²) in [4.78, 5) is 26.8. The fourth-order valence-electron chi connectivity index (χ4n) is 2.88. The summed E-state index contributed by atoms with van der Waals surface area (Å²) < 4.78 is 11.6. The molecule has 3 aromatic rings. The summed E-state index contributed by atoms with van der Waals surface area (Å²) in [6.07, 6.45) is 4.55. The minimum Gasteiger partial charge on any atom is -0.486 e. The van der Waals surface area contributed by atoms with Crippen LogP contribution in [0.25, 0.3) is 11.3 Å². The standard InChI is InChI=1S/C20H18N4O3/c1-24(11-15-12-26-18-7-2-3-8-19(18)27-15)20(25)17-6-4-5-16(23-17)14-9-21-13-22-10-14/h2-10,13,15H,11-12H2,1H3. The van der Waals surface area contributed by atoms with E-state index in [0.29, 0.717) is 30.3 Å². The molecule has 4 rings (SSSR count). The highest BCUT2D eigenvalue weighted by Gasteiger charge is 2.24. The summed E-state index contributed by atoms with van der Waals surface area (Å²) in [5.74, 6) is 1.23. The van der Waals surface area contributed by atoms with Crippen LogP contribution in [0.3, 0.4) is 0 Å². The number of amides is 1. The molecule has 0 aliphatic carbocycles. The van der Waals surface area contributed by atoms with Gasteiger partial charge in [0.25, 0.3) is 5.91 Å². The first kappa shape index (κ1) is 17.0. The molecule has 7 heteroatoms. The Hall–Kier alpha value is -3.48. The number of benzene rings is 1. The van der Waals surface area contributed by atoms with E-state index >= 15 is 0 Å². The third-order valence-electron chi connectivity index (χ3n) is 4.22. The van der Waals surface area contributed by atoms with E-state index in [4.69, 9.17) is 9.47 Å². The van der Waals surface area contributed by atoms with Crippen LogP contribution >= 0.6 is 0 Å². The van der Waals surface area contributed by atoms with Gasteiger partial charge in [0.05, 0.1) is 12.2 Å². The predicted octanol–water partition coefficient (Wildman–Crippen LogP) is 2.45. The van der Waals surface area contributed by atoms with Crippen molar-refractivity contribution in [2.45, 2.75) is 6.10 Å². The molecular formula is C20H18N4O3. The third kappa shape index (κ3) is 3.72. The van der Waals surface area contributed by atoms with Gasteiger partial charge in [-0.15, -0.1) is 0 Å². The number of carbonyl (C=O) groups excluding carboxylic acids is 1.